The summed E-state index contributed by atoms with van der Waals surface area (Å²) in [5.74, 6) is -0.351. The predicted octanol–water partition coefficient (Wildman–Crippen LogP) is 2.31. The average molecular weight is 292 g/mol. The van der Waals surface area contributed by atoms with Gasteiger partial charge in [-0.25, -0.2) is 4.79 Å². The molecule has 2 amide bonds. The van der Waals surface area contributed by atoms with E-state index in [4.69, 9.17) is 0 Å². The molecule has 0 spiro atoms. The van der Waals surface area contributed by atoms with Crippen LogP contribution in [0.15, 0.2) is 24.3 Å². The molecule has 0 saturated carbocycles. The number of hydrogen-bond acceptors (Lipinski definition) is 4. The number of hydrogen-bond donors (Lipinski definition) is 1. The van der Waals surface area contributed by atoms with Crippen molar-refractivity contribution in [3.63, 3.8) is 0 Å². The van der Waals surface area contributed by atoms with E-state index in [0.717, 1.165) is 0 Å². The number of methoxy groups -OCH3 is 1. The first kappa shape index (κ1) is 16.7. The minimum absolute atomic E-state index is 0.0578. The molecule has 0 aliphatic heterocycles. The van der Waals surface area contributed by atoms with Gasteiger partial charge < -0.3 is 15.0 Å². The molecule has 0 aromatic heterocycles. The molecule has 0 aliphatic carbocycles. The molecule has 114 valence electrons. The smallest absolute Gasteiger partial charge is 0.321 e. The zero-order valence-electron chi connectivity index (χ0n) is 12.5. The lowest BCUT2D eigenvalue weighted by Crippen LogP contribution is -2.32. The maximum Gasteiger partial charge on any atom is 0.321 e. The lowest BCUT2D eigenvalue weighted by Gasteiger charge is -2.17. The molecule has 6 nitrogen and oxygen atoms in total. The number of anilines is 1. The molecule has 1 N–H and O–H groups in total. The van der Waals surface area contributed by atoms with E-state index in [-0.39, 0.29) is 24.2 Å². The summed E-state index contributed by atoms with van der Waals surface area (Å²) >= 11 is 0. The highest BCUT2D eigenvalue weighted by Gasteiger charge is 2.10. The van der Waals surface area contributed by atoms with Crippen LogP contribution in [0.1, 0.15) is 30.1 Å². The molecule has 0 radical (unpaired) electrons. The van der Waals surface area contributed by atoms with Crippen molar-refractivity contribution >= 4 is 23.5 Å². The standard InChI is InChI=1S/C15H20N2O4/c1-11(18)12-6-4-7-13(10-12)16-15(20)17(2)9-5-8-14(19)21-3/h4,6-7,10H,5,8-9H2,1-3H3,(H,16,20). The van der Waals surface area contributed by atoms with Crippen LogP contribution < -0.4 is 5.32 Å². The fourth-order valence-corrected chi connectivity index (χ4v) is 1.70. The van der Waals surface area contributed by atoms with Crippen molar-refractivity contribution in [3.05, 3.63) is 29.8 Å². The Morgan fingerprint density at radius 1 is 1.29 bits per heavy atom. The van der Waals surface area contributed by atoms with Crippen LogP contribution >= 0.6 is 0 Å². The van der Waals surface area contributed by atoms with Crippen molar-refractivity contribution in [1.29, 1.82) is 0 Å². The third kappa shape index (κ3) is 5.64. The first-order valence-electron chi connectivity index (χ1n) is 6.64. The summed E-state index contributed by atoms with van der Waals surface area (Å²) in [7, 11) is 2.97. The van der Waals surface area contributed by atoms with Crippen LogP contribution in [-0.4, -0.2) is 43.4 Å². The Labute approximate surface area is 124 Å². The highest BCUT2D eigenvalue weighted by atomic mass is 16.5. The quantitative estimate of drug-likeness (QED) is 0.645. The Kier molecular flexibility index (Phi) is 6.39. The number of benzene rings is 1. The molecule has 6 heteroatoms. The number of nitrogens with zero attached hydrogens (tertiary/aromatic N) is 1. The molecule has 0 aliphatic rings. The van der Waals surface area contributed by atoms with Crippen LogP contribution in [0.2, 0.25) is 0 Å². The minimum Gasteiger partial charge on any atom is -0.469 e. The van der Waals surface area contributed by atoms with Gasteiger partial charge in [0, 0.05) is 31.3 Å². The lowest BCUT2D eigenvalue weighted by atomic mass is 10.1. The van der Waals surface area contributed by atoms with Crippen molar-refractivity contribution in [2.45, 2.75) is 19.8 Å². The van der Waals surface area contributed by atoms with E-state index in [2.05, 4.69) is 10.1 Å². The molecule has 1 rings (SSSR count). The second kappa shape index (κ2) is 8.04. The molecule has 21 heavy (non-hydrogen) atoms. The Hall–Kier alpha value is -2.37. The lowest BCUT2D eigenvalue weighted by molar-refractivity contribution is -0.140. The van der Waals surface area contributed by atoms with E-state index >= 15 is 0 Å². The van der Waals surface area contributed by atoms with E-state index in [1.54, 1.807) is 31.3 Å². The number of ketones is 1. The van der Waals surface area contributed by atoms with Crippen LogP contribution in [0, 0.1) is 0 Å². The summed E-state index contributed by atoms with van der Waals surface area (Å²) in [5.41, 5.74) is 1.11. The number of Topliss-reactive ketones (excluding diaryl/α,β-unsaturated/α-hetero) is 1. The maximum atomic E-state index is 12.0. The molecule has 0 bridgehead atoms. The van der Waals surface area contributed by atoms with Crippen LogP contribution in [0.25, 0.3) is 0 Å². The third-order valence-corrected chi connectivity index (χ3v) is 2.97. The van der Waals surface area contributed by atoms with Gasteiger partial charge in [0.25, 0.3) is 0 Å². The summed E-state index contributed by atoms with van der Waals surface area (Å²) < 4.78 is 4.53. The number of urea groups is 1. The summed E-state index contributed by atoms with van der Waals surface area (Å²) in [6.07, 6.45) is 0.804. The number of rotatable bonds is 6. The van der Waals surface area contributed by atoms with Gasteiger partial charge in [-0.2, -0.15) is 0 Å². The first-order chi connectivity index (χ1) is 9.93. The van der Waals surface area contributed by atoms with Crippen LogP contribution in [0.4, 0.5) is 10.5 Å². The monoisotopic (exact) mass is 292 g/mol. The number of esters is 1. The first-order valence-corrected chi connectivity index (χ1v) is 6.64. The third-order valence-electron chi connectivity index (χ3n) is 2.97. The predicted molar refractivity (Wildman–Crippen MR) is 79.3 cm³/mol. The van der Waals surface area contributed by atoms with Gasteiger partial charge in [-0.05, 0) is 25.5 Å². The zero-order chi connectivity index (χ0) is 15.8. The molecular weight excluding hydrogens is 272 g/mol. The van der Waals surface area contributed by atoms with Crippen LogP contribution in [0.5, 0.6) is 0 Å². The van der Waals surface area contributed by atoms with Gasteiger partial charge in [0.05, 0.1) is 7.11 Å². The van der Waals surface area contributed by atoms with Crippen molar-refractivity contribution in [2.75, 3.05) is 26.0 Å². The Morgan fingerprint density at radius 3 is 2.62 bits per heavy atom. The molecule has 0 atom stereocenters. The number of carbonyl (C=O) groups is 3. The minimum atomic E-state index is -0.294. The van der Waals surface area contributed by atoms with E-state index in [1.165, 1.54) is 18.9 Å². The second-order valence-corrected chi connectivity index (χ2v) is 4.67. The maximum absolute atomic E-state index is 12.0. The zero-order valence-corrected chi connectivity index (χ0v) is 12.5. The van der Waals surface area contributed by atoms with E-state index in [0.29, 0.717) is 24.2 Å². The topological polar surface area (TPSA) is 75.7 Å². The molecule has 0 unspecified atom stereocenters. The number of nitrogens with one attached hydrogen (secondary N) is 1. The number of carbonyl (C=O) groups excluding carboxylic acids is 3. The summed E-state index contributed by atoms with van der Waals surface area (Å²) in [6.45, 7) is 1.91. The molecule has 1 aromatic carbocycles. The average Bonchev–Trinajstić information content (AvgIpc) is 2.47. The highest BCUT2D eigenvalue weighted by molar-refractivity contribution is 5.96. The van der Waals surface area contributed by atoms with Crippen LogP contribution in [-0.2, 0) is 9.53 Å². The van der Waals surface area contributed by atoms with Crippen molar-refractivity contribution in [1.82, 2.24) is 4.90 Å². The number of amides is 2. The summed E-state index contributed by atoms with van der Waals surface area (Å²) in [4.78, 5) is 35.7. The Morgan fingerprint density at radius 2 is 2.00 bits per heavy atom. The normalized spacial score (nSPS) is 9.86. The fourth-order valence-electron chi connectivity index (χ4n) is 1.70. The van der Waals surface area contributed by atoms with Gasteiger partial charge >= 0.3 is 12.0 Å². The van der Waals surface area contributed by atoms with Gasteiger partial charge in [0.2, 0.25) is 0 Å². The summed E-state index contributed by atoms with van der Waals surface area (Å²) in [6, 6.07) is 6.46. The van der Waals surface area contributed by atoms with Crippen molar-refractivity contribution in [3.8, 4) is 0 Å². The molecule has 0 fully saturated rings. The fraction of sp³-hybridized carbons (Fsp3) is 0.400. The van der Waals surface area contributed by atoms with Crippen molar-refractivity contribution in [2.24, 2.45) is 0 Å². The van der Waals surface area contributed by atoms with Gasteiger partial charge in [0.1, 0.15) is 0 Å². The Bertz CT molecular complexity index is 528. The number of ether oxygens (including phenoxy) is 1. The SMILES string of the molecule is COC(=O)CCCN(C)C(=O)Nc1cccc(C(C)=O)c1. The van der Waals surface area contributed by atoms with Gasteiger partial charge in [-0.15, -0.1) is 0 Å². The molecule has 0 heterocycles. The van der Waals surface area contributed by atoms with Crippen LogP contribution in [0.3, 0.4) is 0 Å². The van der Waals surface area contributed by atoms with Gasteiger partial charge in [-0.3, -0.25) is 9.59 Å². The van der Waals surface area contributed by atoms with Gasteiger partial charge in [0.15, 0.2) is 5.78 Å². The van der Waals surface area contributed by atoms with E-state index in [9.17, 15) is 14.4 Å². The molecule has 0 saturated heterocycles. The molecule has 1 aromatic rings. The van der Waals surface area contributed by atoms with Gasteiger partial charge in [-0.1, -0.05) is 12.1 Å². The Balaban J connectivity index is 2.50. The highest BCUT2D eigenvalue weighted by Crippen LogP contribution is 2.12. The molecular formula is C15H20N2O4. The van der Waals surface area contributed by atoms with Crippen molar-refractivity contribution < 1.29 is 19.1 Å². The van der Waals surface area contributed by atoms with E-state index < -0.39 is 0 Å². The second-order valence-electron chi connectivity index (χ2n) is 4.67. The van der Waals surface area contributed by atoms with E-state index in [1.807, 2.05) is 0 Å². The largest absolute Gasteiger partial charge is 0.469 e. The summed E-state index contributed by atoms with van der Waals surface area (Å²) in [5, 5.41) is 2.71.